The minimum Gasteiger partial charge on any atom is -0.381 e. The molecule has 0 unspecified atom stereocenters. The summed E-state index contributed by atoms with van der Waals surface area (Å²) in [6.07, 6.45) is 2.54. The lowest BCUT2D eigenvalue weighted by molar-refractivity contribution is 0.0388. The lowest BCUT2D eigenvalue weighted by atomic mass is 9.89. The Morgan fingerprint density at radius 3 is 2.47 bits per heavy atom. The molecule has 1 aliphatic heterocycles. The van der Waals surface area contributed by atoms with E-state index in [1.807, 2.05) is 24.3 Å². The number of aryl methyl sites for hydroxylation is 1. The molecule has 1 heterocycles. The molecule has 1 aromatic carbocycles. The fourth-order valence-electron chi connectivity index (χ4n) is 2.35. The largest absolute Gasteiger partial charge is 0.381 e. The van der Waals surface area contributed by atoms with E-state index in [2.05, 4.69) is 12.2 Å². The molecular weight excluding hydrogens is 240 g/mol. The van der Waals surface area contributed by atoms with Gasteiger partial charge in [0.1, 0.15) is 0 Å². The molecule has 1 aliphatic rings. The molecule has 104 valence electrons. The molecule has 0 aromatic heterocycles. The van der Waals surface area contributed by atoms with Crippen LogP contribution in [0.1, 0.15) is 35.7 Å². The maximum absolute atomic E-state index is 12.3. The van der Waals surface area contributed by atoms with E-state index >= 15 is 0 Å². The number of amides is 1. The molecule has 0 saturated carbocycles. The zero-order valence-electron chi connectivity index (χ0n) is 11.4. The summed E-state index contributed by atoms with van der Waals surface area (Å²) in [5.41, 5.74) is 7.46. The van der Waals surface area contributed by atoms with Gasteiger partial charge >= 0.3 is 0 Å². The van der Waals surface area contributed by atoms with Crippen molar-refractivity contribution in [2.75, 3.05) is 19.8 Å². The van der Waals surface area contributed by atoms with Gasteiger partial charge in [0, 0.05) is 25.3 Å². The van der Waals surface area contributed by atoms with Gasteiger partial charge in [-0.3, -0.25) is 4.79 Å². The summed E-state index contributed by atoms with van der Waals surface area (Å²) in [5, 5.41) is 3.09. The SMILES string of the molecule is CCc1ccc(C(=O)NC2(CN)CCOCC2)cc1. The first-order valence-electron chi connectivity index (χ1n) is 6.88. The second-order valence-electron chi connectivity index (χ2n) is 5.10. The van der Waals surface area contributed by atoms with Crippen LogP contribution in [0.5, 0.6) is 0 Å². The van der Waals surface area contributed by atoms with Gasteiger partial charge in [-0.05, 0) is 37.0 Å². The molecule has 0 radical (unpaired) electrons. The van der Waals surface area contributed by atoms with Gasteiger partial charge in [0.15, 0.2) is 0 Å². The summed E-state index contributed by atoms with van der Waals surface area (Å²) in [5.74, 6) is -0.0463. The third-order valence-corrected chi connectivity index (χ3v) is 3.84. The van der Waals surface area contributed by atoms with Crippen molar-refractivity contribution in [2.45, 2.75) is 31.7 Å². The lowest BCUT2D eigenvalue weighted by Gasteiger charge is -2.37. The van der Waals surface area contributed by atoms with E-state index in [1.54, 1.807) is 0 Å². The second-order valence-corrected chi connectivity index (χ2v) is 5.10. The summed E-state index contributed by atoms with van der Waals surface area (Å²) in [4.78, 5) is 12.3. The minimum absolute atomic E-state index is 0.0463. The Morgan fingerprint density at radius 1 is 1.32 bits per heavy atom. The molecule has 2 rings (SSSR count). The minimum atomic E-state index is -0.307. The van der Waals surface area contributed by atoms with Crippen LogP contribution in [-0.2, 0) is 11.2 Å². The van der Waals surface area contributed by atoms with Crippen LogP contribution in [0.3, 0.4) is 0 Å². The maximum atomic E-state index is 12.3. The summed E-state index contributed by atoms with van der Waals surface area (Å²) in [6.45, 7) is 3.87. The first-order valence-corrected chi connectivity index (χ1v) is 6.88. The van der Waals surface area contributed by atoms with Crippen LogP contribution < -0.4 is 11.1 Å². The fourth-order valence-corrected chi connectivity index (χ4v) is 2.35. The van der Waals surface area contributed by atoms with Crippen LogP contribution >= 0.6 is 0 Å². The summed E-state index contributed by atoms with van der Waals surface area (Å²) >= 11 is 0. The number of carbonyl (C=O) groups excluding carboxylic acids is 1. The third-order valence-electron chi connectivity index (χ3n) is 3.84. The highest BCUT2D eigenvalue weighted by Gasteiger charge is 2.32. The molecule has 0 spiro atoms. The van der Waals surface area contributed by atoms with E-state index in [9.17, 15) is 4.79 Å². The molecule has 4 nitrogen and oxygen atoms in total. The Balaban J connectivity index is 2.06. The molecule has 1 aromatic rings. The van der Waals surface area contributed by atoms with Gasteiger partial charge in [-0.15, -0.1) is 0 Å². The number of rotatable bonds is 4. The zero-order chi connectivity index (χ0) is 13.7. The molecular formula is C15H22N2O2. The van der Waals surface area contributed by atoms with Crippen molar-refractivity contribution >= 4 is 5.91 Å². The molecule has 0 aliphatic carbocycles. The standard InChI is InChI=1S/C15H22N2O2/c1-2-12-3-5-13(6-4-12)14(18)17-15(11-16)7-9-19-10-8-15/h3-6H,2,7-11,16H2,1H3,(H,17,18). The highest BCUT2D eigenvalue weighted by atomic mass is 16.5. The van der Waals surface area contributed by atoms with Crippen LogP contribution in [0, 0.1) is 0 Å². The van der Waals surface area contributed by atoms with E-state index in [-0.39, 0.29) is 11.4 Å². The van der Waals surface area contributed by atoms with Crippen molar-refractivity contribution in [3.63, 3.8) is 0 Å². The number of ether oxygens (including phenoxy) is 1. The van der Waals surface area contributed by atoms with Crippen LogP contribution in [0.15, 0.2) is 24.3 Å². The van der Waals surface area contributed by atoms with Crippen LogP contribution in [0.2, 0.25) is 0 Å². The molecule has 4 heteroatoms. The van der Waals surface area contributed by atoms with Gasteiger partial charge in [-0.2, -0.15) is 0 Å². The van der Waals surface area contributed by atoms with Crippen LogP contribution in [0.4, 0.5) is 0 Å². The quantitative estimate of drug-likeness (QED) is 0.864. The highest BCUT2D eigenvalue weighted by molar-refractivity contribution is 5.94. The van der Waals surface area contributed by atoms with Gasteiger partial charge in [0.25, 0.3) is 5.91 Å². The Bertz CT molecular complexity index is 422. The molecule has 1 fully saturated rings. The molecule has 0 atom stereocenters. The van der Waals surface area contributed by atoms with Gasteiger partial charge in [0.05, 0.1) is 5.54 Å². The van der Waals surface area contributed by atoms with E-state index in [0.29, 0.717) is 25.3 Å². The lowest BCUT2D eigenvalue weighted by Crippen LogP contribution is -2.56. The third kappa shape index (κ3) is 3.33. The van der Waals surface area contributed by atoms with Gasteiger partial charge in [0.2, 0.25) is 0 Å². The van der Waals surface area contributed by atoms with Crippen molar-refractivity contribution in [1.29, 1.82) is 0 Å². The van der Waals surface area contributed by atoms with Gasteiger partial charge in [-0.25, -0.2) is 0 Å². The Labute approximate surface area is 114 Å². The fraction of sp³-hybridized carbons (Fsp3) is 0.533. The number of nitrogens with one attached hydrogen (secondary N) is 1. The van der Waals surface area contributed by atoms with Crippen molar-refractivity contribution in [3.05, 3.63) is 35.4 Å². The molecule has 1 saturated heterocycles. The Hall–Kier alpha value is -1.39. The Morgan fingerprint density at radius 2 is 1.95 bits per heavy atom. The average molecular weight is 262 g/mol. The first-order chi connectivity index (χ1) is 9.19. The summed E-state index contributed by atoms with van der Waals surface area (Å²) in [7, 11) is 0. The average Bonchev–Trinajstić information content (AvgIpc) is 2.48. The molecule has 3 N–H and O–H groups in total. The Kier molecular flexibility index (Phi) is 4.56. The van der Waals surface area contributed by atoms with Gasteiger partial charge < -0.3 is 15.8 Å². The molecule has 0 bridgehead atoms. The first kappa shape index (κ1) is 14.0. The topological polar surface area (TPSA) is 64.4 Å². The number of benzene rings is 1. The smallest absolute Gasteiger partial charge is 0.251 e. The van der Waals surface area contributed by atoms with Crippen molar-refractivity contribution in [2.24, 2.45) is 5.73 Å². The maximum Gasteiger partial charge on any atom is 0.251 e. The monoisotopic (exact) mass is 262 g/mol. The molecule has 19 heavy (non-hydrogen) atoms. The predicted molar refractivity (Wildman–Crippen MR) is 75.1 cm³/mol. The van der Waals surface area contributed by atoms with Crippen LogP contribution in [0.25, 0.3) is 0 Å². The highest BCUT2D eigenvalue weighted by Crippen LogP contribution is 2.20. The zero-order valence-corrected chi connectivity index (χ0v) is 11.4. The summed E-state index contributed by atoms with van der Waals surface area (Å²) < 4.78 is 5.34. The van der Waals surface area contributed by atoms with Crippen molar-refractivity contribution in [1.82, 2.24) is 5.32 Å². The van der Waals surface area contributed by atoms with Gasteiger partial charge in [-0.1, -0.05) is 19.1 Å². The van der Waals surface area contributed by atoms with E-state index in [4.69, 9.17) is 10.5 Å². The molecule has 1 amide bonds. The van der Waals surface area contributed by atoms with Crippen molar-refractivity contribution < 1.29 is 9.53 Å². The predicted octanol–water partition coefficient (Wildman–Crippen LogP) is 1.49. The second kappa shape index (κ2) is 6.17. The normalized spacial score (nSPS) is 18.0. The van der Waals surface area contributed by atoms with E-state index < -0.39 is 0 Å². The number of hydrogen-bond donors (Lipinski definition) is 2. The van der Waals surface area contributed by atoms with E-state index in [0.717, 1.165) is 19.3 Å². The number of hydrogen-bond acceptors (Lipinski definition) is 3. The van der Waals surface area contributed by atoms with Crippen molar-refractivity contribution in [3.8, 4) is 0 Å². The van der Waals surface area contributed by atoms with E-state index in [1.165, 1.54) is 5.56 Å². The number of carbonyl (C=O) groups is 1. The number of nitrogens with two attached hydrogens (primary N) is 1. The summed E-state index contributed by atoms with van der Waals surface area (Å²) in [6, 6.07) is 7.73. The van der Waals surface area contributed by atoms with Crippen LogP contribution in [-0.4, -0.2) is 31.2 Å².